The van der Waals surface area contributed by atoms with Gasteiger partial charge < -0.3 is 14.8 Å². The molecule has 110 valence electrons. The van der Waals surface area contributed by atoms with Crippen LogP contribution in [0.5, 0.6) is 11.5 Å². The van der Waals surface area contributed by atoms with Crippen molar-refractivity contribution in [1.29, 1.82) is 0 Å². The van der Waals surface area contributed by atoms with Gasteiger partial charge in [0.25, 0.3) is 0 Å². The van der Waals surface area contributed by atoms with Crippen molar-refractivity contribution in [1.82, 2.24) is 5.32 Å². The molecule has 0 radical (unpaired) electrons. The lowest BCUT2D eigenvalue weighted by Gasteiger charge is -2.26. The van der Waals surface area contributed by atoms with Crippen molar-refractivity contribution in [3.05, 3.63) is 57.5 Å². The van der Waals surface area contributed by atoms with Gasteiger partial charge in [-0.3, -0.25) is 0 Å². The van der Waals surface area contributed by atoms with Crippen molar-refractivity contribution in [3.8, 4) is 11.5 Å². The average Bonchev–Trinajstić information content (AvgIpc) is 2.51. The third-order valence-corrected chi connectivity index (χ3v) is 4.49. The topological polar surface area (TPSA) is 30.5 Å². The minimum atomic E-state index is 0.0193. The Bertz CT molecular complexity index is 635. The summed E-state index contributed by atoms with van der Waals surface area (Å²) >= 11 is 9.46. The molecular formula is C16H15BrClNO2. The van der Waals surface area contributed by atoms with Gasteiger partial charge in [0.1, 0.15) is 12.7 Å². The molecule has 1 N–H and O–H groups in total. The minimum Gasteiger partial charge on any atom is -0.486 e. The fourth-order valence-electron chi connectivity index (χ4n) is 2.19. The molecule has 3 nitrogen and oxygen atoms in total. The highest BCUT2D eigenvalue weighted by atomic mass is 79.9. The molecule has 0 spiro atoms. The van der Waals surface area contributed by atoms with E-state index in [4.69, 9.17) is 21.1 Å². The van der Waals surface area contributed by atoms with Gasteiger partial charge in [0.05, 0.1) is 5.02 Å². The molecule has 0 aromatic heterocycles. The van der Waals surface area contributed by atoms with Gasteiger partial charge >= 0.3 is 0 Å². The van der Waals surface area contributed by atoms with Crippen LogP contribution in [0.4, 0.5) is 0 Å². The molecule has 0 amide bonds. The molecule has 1 atom stereocenters. The molecule has 1 aliphatic heterocycles. The summed E-state index contributed by atoms with van der Waals surface area (Å²) in [6.45, 7) is 2.03. The summed E-state index contributed by atoms with van der Waals surface area (Å²) in [5.41, 5.74) is 1.14. The lowest BCUT2D eigenvalue weighted by molar-refractivity contribution is 0.0902. The van der Waals surface area contributed by atoms with Crippen molar-refractivity contribution < 1.29 is 9.47 Å². The van der Waals surface area contributed by atoms with Gasteiger partial charge in [0.15, 0.2) is 11.5 Å². The first-order chi connectivity index (χ1) is 10.2. The number of rotatable bonds is 4. The molecule has 2 aromatic carbocycles. The van der Waals surface area contributed by atoms with Crippen LogP contribution in [0, 0.1) is 0 Å². The number of halogens is 2. The van der Waals surface area contributed by atoms with Crippen LogP contribution in [-0.2, 0) is 6.54 Å². The molecule has 0 saturated heterocycles. The van der Waals surface area contributed by atoms with Crippen LogP contribution in [0.3, 0.4) is 0 Å². The van der Waals surface area contributed by atoms with Gasteiger partial charge in [-0.25, -0.2) is 0 Å². The van der Waals surface area contributed by atoms with E-state index in [-0.39, 0.29) is 6.10 Å². The molecular weight excluding hydrogens is 354 g/mol. The number of fused-ring (bicyclic) bond motifs is 1. The summed E-state index contributed by atoms with van der Waals surface area (Å²) in [7, 11) is 0. The Morgan fingerprint density at radius 2 is 2.00 bits per heavy atom. The maximum absolute atomic E-state index is 6.08. The molecule has 0 bridgehead atoms. The largest absolute Gasteiger partial charge is 0.486 e. The highest BCUT2D eigenvalue weighted by Gasteiger charge is 2.19. The van der Waals surface area contributed by atoms with Gasteiger partial charge in [0.2, 0.25) is 0 Å². The van der Waals surface area contributed by atoms with Crippen molar-refractivity contribution in [2.45, 2.75) is 12.6 Å². The third-order valence-electron chi connectivity index (χ3n) is 3.25. The van der Waals surface area contributed by atoms with Gasteiger partial charge in [-0.05, 0) is 45.8 Å². The van der Waals surface area contributed by atoms with Crippen molar-refractivity contribution in [2.75, 3.05) is 13.2 Å². The number of hydrogen-bond donors (Lipinski definition) is 1. The number of nitrogens with one attached hydrogen (secondary N) is 1. The highest BCUT2D eigenvalue weighted by Crippen LogP contribution is 2.30. The molecule has 21 heavy (non-hydrogen) atoms. The molecule has 5 heteroatoms. The molecule has 0 aliphatic carbocycles. The third kappa shape index (κ3) is 3.70. The van der Waals surface area contributed by atoms with E-state index in [0.29, 0.717) is 6.61 Å². The van der Waals surface area contributed by atoms with Crippen molar-refractivity contribution in [3.63, 3.8) is 0 Å². The van der Waals surface area contributed by atoms with E-state index in [2.05, 4.69) is 21.2 Å². The van der Waals surface area contributed by atoms with E-state index < -0.39 is 0 Å². The Hall–Kier alpha value is -1.23. The van der Waals surface area contributed by atoms with E-state index in [0.717, 1.165) is 39.6 Å². The second-order valence-electron chi connectivity index (χ2n) is 4.88. The van der Waals surface area contributed by atoms with Crippen LogP contribution < -0.4 is 14.8 Å². The number of para-hydroxylation sites is 2. The maximum Gasteiger partial charge on any atom is 0.161 e. The average molecular weight is 369 g/mol. The number of ether oxygens (including phenoxy) is 2. The zero-order valence-corrected chi connectivity index (χ0v) is 13.7. The molecule has 1 heterocycles. The van der Waals surface area contributed by atoms with Gasteiger partial charge in [-0.2, -0.15) is 0 Å². The zero-order valence-electron chi connectivity index (χ0n) is 11.3. The smallest absolute Gasteiger partial charge is 0.161 e. The fraction of sp³-hybridized carbons (Fsp3) is 0.250. The molecule has 3 rings (SSSR count). The monoisotopic (exact) mass is 367 g/mol. The Labute approximate surface area is 137 Å². The quantitative estimate of drug-likeness (QED) is 0.884. The molecule has 1 aliphatic rings. The van der Waals surface area contributed by atoms with E-state index in [1.807, 2.05) is 42.5 Å². The van der Waals surface area contributed by atoms with Crippen LogP contribution in [0.1, 0.15) is 5.56 Å². The summed E-state index contributed by atoms with van der Waals surface area (Å²) in [6, 6.07) is 13.7. The second kappa shape index (κ2) is 6.69. The molecule has 0 saturated carbocycles. The fourth-order valence-corrected chi connectivity index (χ4v) is 2.64. The predicted octanol–water partition coefficient (Wildman–Crippen LogP) is 4.03. The van der Waals surface area contributed by atoms with Crippen LogP contribution in [0.25, 0.3) is 0 Å². The first kappa shape index (κ1) is 14.7. The van der Waals surface area contributed by atoms with Crippen molar-refractivity contribution >= 4 is 27.5 Å². The molecule has 0 fully saturated rings. The Kier molecular flexibility index (Phi) is 4.68. The molecule has 2 aromatic rings. The SMILES string of the molecule is Clc1cc(CNCC2COc3ccccc3O2)ccc1Br. The normalized spacial score (nSPS) is 16.8. The van der Waals surface area contributed by atoms with Crippen LogP contribution >= 0.6 is 27.5 Å². The van der Waals surface area contributed by atoms with Crippen molar-refractivity contribution in [2.24, 2.45) is 0 Å². The highest BCUT2D eigenvalue weighted by molar-refractivity contribution is 9.10. The van der Waals surface area contributed by atoms with E-state index >= 15 is 0 Å². The predicted molar refractivity (Wildman–Crippen MR) is 87.2 cm³/mol. The van der Waals surface area contributed by atoms with Crippen LogP contribution in [0.15, 0.2) is 46.9 Å². The lowest BCUT2D eigenvalue weighted by atomic mass is 10.2. The lowest BCUT2D eigenvalue weighted by Crippen LogP contribution is -2.38. The first-order valence-corrected chi connectivity index (χ1v) is 7.92. The summed E-state index contributed by atoms with van der Waals surface area (Å²) in [6.07, 6.45) is 0.0193. The van der Waals surface area contributed by atoms with Crippen LogP contribution in [-0.4, -0.2) is 19.3 Å². The summed E-state index contributed by atoms with van der Waals surface area (Å²) < 4.78 is 12.5. The van der Waals surface area contributed by atoms with Crippen LogP contribution in [0.2, 0.25) is 5.02 Å². The summed E-state index contributed by atoms with van der Waals surface area (Å²) in [5, 5.41) is 4.09. The van der Waals surface area contributed by atoms with E-state index in [1.54, 1.807) is 0 Å². The first-order valence-electron chi connectivity index (χ1n) is 6.75. The number of benzene rings is 2. The second-order valence-corrected chi connectivity index (χ2v) is 6.14. The van der Waals surface area contributed by atoms with Gasteiger partial charge in [-0.15, -0.1) is 0 Å². The zero-order chi connectivity index (χ0) is 14.7. The summed E-state index contributed by atoms with van der Waals surface area (Å²) in [5.74, 6) is 1.62. The summed E-state index contributed by atoms with van der Waals surface area (Å²) in [4.78, 5) is 0. The van der Waals surface area contributed by atoms with Gasteiger partial charge in [0, 0.05) is 17.6 Å². The Morgan fingerprint density at radius 1 is 1.19 bits per heavy atom. The maximum atomic E-state index is 6.08. The van der Waals surface area contributed by atoms with E-state index in [9.17, 15) is 0 Å². The van der Waals surface area contributed by atoms with Gasteiger partial charge in [-0.1, -0.05) is 29.8 Å². The minimum absolute atomic E-state index is 0.0193. The Morgan fingerprint density at radius 3 is 2.81 bits per heavy atom. The molecule has 1 unspecified atom stereocenters. The standard InChI is InChI=1S/C16H15BrClNO2/c17-13-6-5-11(7-14(13)18)8-19-9-12-10-20-15-3-1-2-4-16(15)21-12/h1-7,12,19H,8-10H2. The number of hydrogen-bond acceptors (Lipinski definition) is 3. The van der Waals surface area contributed by atoms with E-state index in [1.165, 1.54) is 0 Å². The Balaban J connectivity index is 1.51.